The molecular formula is C13H21BN2Y-2. The molecule has 0 spiro atoms. The van der Waals surface area contributed by atoms with Gasteiger partial charge in [0.15, 0.2) is 0 Å². The van der Waals surface area contributed by atoms with Crippen LogP contribution in [0.15, 0.2) is 18.1 Å². The van der Waals surface area contributed by atoms with Crippen molar-refractivity contribution >= 4 is 17.8 Å². The van der Waals surface area contributed by atoms with Crippen molar-refractivity contribution in [3.05, 3.63) is 31.3 Å². The maximum atomic E-state index is 4.47. The molecule has 0 amide bonds. The summed E-state index contributed by atoms with van der Waals surface area (Å²) in [7, 11) is 0. The smallest absolute Gasteiger partial charge is 0 e. The summed E-state index contributed by atoms with van der Waals surface area (Å²) in [4.78, 5) is 8.95. The molecule has 0 saturated carbocycles. The van der Waals surface area contributed by atoms with Crippen LogP contribution in [0.4, 0.5) is 0 Å². The average molecular weight is 305 g/mol. The third-order valence-electron chi connectivity index (χ3n) is 2.01. The van der Waals surface area contributed by atoms with Gasteiger partial charge in [-0.2, -0.15) is 0 Å². The summed E-state index contributed by atoms with van der Waals surface area (Å²) < 4.78 is 0. The Balaban J connectivity index is 0. The van der Waals surface area contributed by atoms with E-state index in [1.807, 2.05) is 38.9 Å². The first-order valence-corrected chi connectivity index (χ1v) is 5.47. The van der Waals surface area contributed by atoms with Crippen LogP contribution >= 0.6 is 0 Å². The van der Waals surface area contributed by atoms with Crippen LogP contribution in [0.25, 0.3) is 10.9 Å². The van der Waals surface area contributed by atoms with Gasteiger partial charge in [-0.1, -0.05) is 13.8 Å². The van der Waals surface area contributed by atoms with Crippen molar-refractivity contribution in [2.75, 3.05) is 0 Å². The standard InChI is InChI=1S/C10H12BN2.C2H6.CH3.Y/c1-10(2,3)9-12-7-5-4-6-11-8(7)13-9;1-2;;/h4-6H,1-3H3;1-2H3;1H3;/q-1;;-1;. The molecule has 0 N–H and O–H groups in total. The minimum Gasteiger partial charge on any atom is -0.358 e. The van der Waals surface area contributed by atoms with Gasteiger partial charge in [0.1, 0.15) is 0 Å². The first-order chi connectivity index (χ1) is 7.07. The maximum Gasteiger partial charge on any atom is 0 e. The topological polar surface area (TPSA) is 27.0 Å². The van der Waals surface area contributed by atoms with Crippen molar-refractivity contribution in [3.8, 4) is 0 Å². The molecule has 0 aliphatic carbocycles. The van der Waals surface area contributed by atoms with Gasteiger partial charge >= 0.3 is 77.9 Å². The van der Waals surface area contributed by atoms with Crippen LogP contribution in [0.1, 0.15) is 40.4 Å². The SMILES string of the molecule is CC.CC(C)(C)c1nc2cccbc2[n-]1.[CH3-].[Y]. The Morgan fingerprint density at radius 3 is 2.29 bits per heavy atom. The molecule has 2 aromatic rings. The summed E-state index contributed by atoms with van der Waals surface area (Å²) in [6, 6.07) is 3.99. The number of fused-ring (bicyclic) bond motifs is 1. The van der Waals surface area contributed by atoms with Crippen molar-refractivity contribution in [1.82, 2.24) is 9.97 Å². The van der Waals surface area contributed by atoms with Crippen molar-refractivity contribution in [2.24, 2.45) is 0 Å². The molecule has 4 heteroatoms. The Morgan fingerprint density at radius 2 is 1.82 bits per heavy atom. The van der Waals surface area contributed by atoms with Gasteiger partial charge in [-0.25, -0.2) is 0 Å². The minimum atomic E-state index is 0. The van der Waals surface area contributed by atoms with Gasteiger partial charge in [-0.15, -0.1) is 0 Å². The molecule has 2 aromatic heterocycles. The third-order valence-corrected chi connectivity index (χ3v) is 2.01. The number of imidazole rings is 1. The Labute approximate surface area is 131 Å². The van der Waals surface area contributed by atoms with Gasteiger partial charge in [0, 0.05) is 32.7 Å². The van der Waals surface area contributed by atoms with Crippen LogP contribution in [0.2, 0.25) is 0 Å². The molecule has 0 bridgehead atoms. The van der Waals surface area contributed by atoms with Gasteiger partial charge < -0.3 is 7.43 Å². The van der Waals surface area contributed by atoms with E-state index in [0.29, 0.717) is 0 Å². The zero-order chi connectivity index (χ0) is 11.5. The van der Waals surface area contributed by atoms with Crippen LogP contribution in [-0.4, -0.2) is 11.9 Å². The number of nitrogens with zero attached hydrogens (tertiary/aromatic N) is 2. The second kappa shape index (κ2) is 8.15. The molecule has 0 aromatic carbocycles. The van der Waals surface area contributed by atoms with E-state index in [4.69, 9.17) is 0 Å². The fourth-order valence-electron chi connectivity index (χ4n) is 1.24. The Bertz CT molecular complexity index is 399. The molecule has 2 rings (SSSR count). The Kier molecular flexibility index (Phi) is 9.27. The van der Waals surface area contributed by atoms with Crippen LogP contribution in [-0.2, 0) is 38.1 Å². The van der Waals surface area contributed by atoms with Gasteiger partial charge in [0.25, 0.3) is 0 Å². The van der Waals surface area contributed by atoms with Crippen LogP contribution in [0, 0.1) is 7.43 Å². The van der Waals surface area contributed by atoms with Crippen molar-refractivity contribution in [3.63, 3.8) is 0 Å². The summed E-state index contributed by atoms with van der Waals surface area (Å²) in [5.41, 5.74) is 2.03. The summed E-state index contributed by atoms with van der Waals surface area (Å²) in [5, 5.41) is 0. The van der Waals surface area contributed by atoms with E-state index in [2.05, 4.69) is 30.7 Å². The molecule has 2 nitrogen and oxygen atoms in total. The molecule has 0 fully saturated rings. The quantitative estimate of drug-likeness (QED) is 0.698. The maximum absolute atomic E-state index is 4.47. The van der Waals surface area contributed by atoms with E-state index in [1.54, 1.807) is 0 Å². The molecule has 2 heterocycles. The van der Waals surface area contributed by atoms with E-state index in [-0.39, 0.29) is 45.6 Å². The predicted octanol–water partition coefficient (Wildman–Crippen LogP) is 3.30. The van der Waals surface area contributed by atoms with Crippen molar-refractivity contribution in [2.45, 2.75) is 40.0 Å². The van der Waals surface area contributed by atoms with Crippen LogP contribution in [0.3, 0.4) is 0 Å². The second-order valence-corrected chi connectivity index (χ2v) is 4.29. The van der Waals surface area contributed by atoms with Gasteiger partial charge in [0.2, 0.25) is 0 Å². The molecule has 0 aliphatic rings. The summed E-state index contributed by atoms with van der Waals surface area (Å²) in [6.45, 7) is 12.4. The molecule has 91 valence electrons. The van der Waals surface area contributed by atoms with Gasteiger partial charge in [-0.05, 0) is 0 Å². The first-order valence-electron chi connectivity index (χ1n) is 5.47. The molecular weight excluding hydrogens is 284 g/mol. The second-order valence-electron chi connectivity index (χ2n) is 4.29. The minimum absolute atomic E-state index is 0. The molecule has 1 radical (unpaired) electrons. The average Bonchev–Trinajstić information content (AvgIpc) is 2.63. The number of aromatic nitrogens is 2. The fourth-order valence-corrected chi connectivity index (χ4v) is 1.24. The monoisotopic (exact) mass is 305 g/mol. The summed E-state index contributed by atoms with van der Waals surface area (Å²) in [5.74, 6) is 2.91. The number of rotatable bonds is 0. The molecule has 0 saturated heterocycles. The normalized spacial score (nSPS) is 9.47. The fraction of sp³-hybridized carbons (Fsp3) is 0.462. The van der Waals surface area contributed by atoms with Gasteiger partial charge in [-0.3, -0.25) is 0 Å². The third kappa shape index (κ3) is 5.01. The Hall–Kier alpha value is -0.0112. The van der Waals surface area contributed by atoms with Crippen LogP contribution < -0.4 is 4.98 Å². The zero-order valence-corrected chi connectivity index (χ0v) is 14.6. The molecule has 17 heavy (non-hydrogen) atoms. The number of hydrogen-bond donors (Lipinski definition) is 0. The zero-order valence-electron chi connectivity index (χ0n) is 11.8. The van der Waals surface area contributed by atoms with E-state index >= 15 is 0 Å². The van der Waals surface area contributed by atoms with E-state index in [1.165, 1.54) is 0 Å². The molecule has 0 atom stereocenters. The van der Waals surface area contributed by atoms with Crippen molar-refractivity contribution < 1.29 is 32.7 Å². The molecule has 0 aliphatic heterocycles. The van der Waals surface area contributed by atoms with E-state index in [9.17, 15) is 0 Å². The van der Waals surface area contributed by atoms with Crippen molar-refractivity contribution in [1.29, 1.82) is 0 Å². The Morgan fingerprint density at radius 1 is 1.24 bits per heavy atom. The van der Waals surface area contributed by atoms with Crippen LogP contribution in [0.5, 0.6) is 0 Å². The van der Waals surface area contributed by atoms with E-state index < -0.39 is 0 Å². The predicted molar refractivity (Wildman–Crippen MR) is 72.9 cm³/mol. The van der Waals surface area contributed by atoms with Gasteiger partial charge in [0.05, 0.1) is 0 Å². The molecule has 0 unspecified atom stereocenters. The number of hydrogen-bond acceptors (Lipinski definition) is 1. The summed E-state index contributed by atoms with van der Waals surface area (Å²) in [6.07, 6.45) is 0. The summed E-state index contributed by atoms with van der Waals surface area (Å²) >= 11 is 0. The largest absolute Gasteiger partial charge is 0.358 e. The van der Waals surface area contributed by atoms with E-state index in [0.717, 1.165) is 16.8 Å². The first kappa shape index (κ1) is 19.3.